The molecule has 2 nitrogen and oxygen atoms in total. The molecule has 2 heteroatoms. The Hall–Kier alpha value is -0.860. The normalized spacial score (nSPS) is 26.1. The molecule has 0 bridgehead atoms. The highest BCUT2D eigenvalue weighted by Gasteiger charge is 2.36. The second kappa shape index (κ2) is 4.79. The van der Waals surface area contributed by atoms with Crippen LogP contribution >= 0.6 is 0 Å². The summed E-state index contributed by atoms with van der Waals surface area (Å²) in [6, 6.07) is 6.69. The van der Waals surface area contributed by atoms with Gasteiger partial charge in [-0.05, 0) is 56.7 Å². The summed E-state index contributed by atoms with van der Waals surface area (Å²) in [4.78, 5) is 0. The van der Waals surface area contributed by atoms with Crippen molar-refractivity contribution in [1.29, 1.82) is 0 Å². The lowest BCUT2D eigenvalue weighted by atomic mass is 9.88. The van der Waals surface area contributed by atoms with Gasteiger partial charge in [-0.1, -0.05) is 18.2 Å². The molecule has 17 heavy (non-hydrogen) atoms. The summed E-state index contributed by atoms with van der Waals surface area (Å²) in [5, 5.41) is 0. The number of rotatable bonds is 3. The van der Waals surface area contributed by atoms with Crippen molar-refractivity contribution in [1.82, 2.24) is 0 Å². The fourth-order valence-corrected chi connectivity index (χ4v) is 2.49. The van der Waals surface area contributed by atoms with Gasteiger partial charge in [0.15, 0.2) is 0 Å². The molecule has 0 spiro atoms. The number of ether oxygens (including phenoxy) is 1. The summed E-state index contributed by atoms with van der Waals surface area (Å²) >= 11 is 0. The summed E-state index contributed by atoms with van der Waals surface area (Å²) in [6.45, 7) is 7.29. The third-order valence-electron chi connectivity index (χ3n) is 4.06. The molecule has 94 valence electrons. The molecule has 1 heterocycles. The Morgan fingerprint density at radius 2 is 2.12 bits per heavy atom. The molecule has 2 N–H and O–H groups in total. The lowest BCUT2D eigenvalue weighted by Gasteiger charge is -2.30. The first-order valence-corrected chi connectivity index (χ1v) is 6.47. The van der Waals surface area contributed by atoms with Crippen LogP contribution < -0.4 is 5.73 Å². The molecule has 0 aliphatic carbocycles. The van der Waals surface area contributed by atoms with Crippen LogP contribution in [0.5, 0.6) is 0 Å². The number of hydrogen-bond donors (Lipinski definition) is 1. The Morgan fingerprint density at radius 1 is 1.35 bits per heavy atom. The highest BCUT2D eigenvalue weighted by Crippen LogP contribution is 2.29. The van der Waals surface area contributed by atoms with Gasteiger partial charge in [-0.2, -0.15) is 0 Å². The van der Waals surface area contributed by atoms with E-state index in [9.17, 15) is 0 Å². The van der Waals surface area contributed by atoms with Crippen LogP contribution in [0.3, 0.4) is 0 Å². The molecule has 2 rings (SSSR count). The summed E-state index contributed by atoms with van der Waals surface area (Å²) in [7, 11) is 0. The van der Waals surface area contributed by atoms with Crippen molar-refractivity contribution in [2.75, 3.05) is 6.61 Å². The van der Waals surface area contributed by atoms with Gasteiger partial charge in [0.1, 0.15) is 0 Å². The Labute approximate surface area is 104 Å². The zero-order chi connectivity index (χ0) is 12.5. The third-order valence-corrected chi connectivity index (χ3v) is 4.06. The standard InChI is InChI=1S/C15H23NO/c1-11-5-6-13(9-12(11)2)10-14(16)15(3)7-4-8-17-15/h5-6,9,14H,4,7-8,10,16H2,1-3H3. The minimum Gasteiger partial charge on any atom is -0.374 e. The fourth-order valence-electron chi connectivity index (χ4n) is 2.49. The predicted octanol–water partition coefficient (Wildman–Crippen LogP) is 2.74. The zero-order valence-corrected chi connectivity index (χ0v) is 11.1. The minimum atomic E-state index is -0.126. The maximum Gasteiger partial charge on any atom is 0.0808 e. The molecule has 0 saturated carbocycles. The van der Waals surface area contributed by atoms with Crippen molar-refractivity contribution in [3.63, 3.8) is 0 Å². The van der Waals surface area contributed by atoms with Crippen molar-refractivity contribution in [3.05, 3.63) is 34.9 Å². The van der Waals surface area contributed by atoms with Gasteiger partial charge in [0, 0.05) is 12.6 Å². The van der Waals surface area contributed by atoms with E-state index in [0.717, 1.165) is 25.9 Å². The van der Waals surface area contributed by atoms with Crippen LogP contribution in [0, 0.1) is 13.8 Å². The number of aryl methyl sites for hydroxylation is 2. The van der Waals surface area contributed by atoms with Crippen molar-refractivity contribution in [2.24, 2.45) is 5.73 Å². The maximum absolute atomic E-state index is 6.31. The van der Waals surface area contributed by atoms with Gasteiger partial charge >= 0.3 is 0 Å². The number of benzene rings is 1. The Balaban J connectivity index is 2.07. The van der Waals surface area contributed by atoms with E-state index in [2.05, 4.69) is 39.0 Å². The molecule has 2 atom stereocenters. The SMILES string of the molecule is Cc1ccc(CC(N)C2(C)CCCO2)cc1C. The molecule has 0 radical (unpaired) electrons. The van der Waals surface area contributed by atoms with Crippen LogP contribution in [-0.4, -0.2) is 18.2 Å². The molecule has 0 amide bonds. The highest BCUT2D eigenvalue weighted by atomic mass is 16.5. The topological polar surface area (TPSA) is 35.2 Å². The summed E-state index contributed by atoms with van der Waals surface area (Å²) < 4.78 is 5.80. The first-order chi connectivity index (χ1) is 8.01. The maximum atomic E-state index is 6.31. The van der Waals surface area contributed by atoms with Gasteiger partial charge < -0.3 is 10.5 Å². The lowest BCUT2D eigenvalue weighted by molar-refractivity contribution is -0.000907. The summed E-state index contributed by atoms with van der Waals surface area (Å²) in [5.41, 5.74) is 10.2. The summed E-state index contributed by atoms with van der Waals surface area (Å²) in [6.07, 6.45) is 3.12. The van der Waals surface area contributed by atoms with Crippen LogP contribution in [0.4, 0.5) is 0 Å². The molecule has 1 aliphatic heterocycles. The van der Waals surface area contributed by atoms with E-state index in [0.29, 0.717) is 0 Å². The van der Waals surface area contributed by atoms with Gasteiger partial charge in [0.05, 0.1) is 5.60 Å². The van der Waals surface area contributed by atoms with Gasteiger partial charge in [0.25, 0.3) is 0 Å². The zero-order valence-electron chi connectivity index (χ0n) is 11.1. The third kappa shape index (κ3) is 2.70. The van der Waals surface area contributed by atoms with Crippen LogP contribution in [0.25, 0.3) is 0 Å². The number of hydrogen-bond acceptors (Lipinski definition) is 2. The smallest absolute Gasteiger partial charge is 0.0808 e. The number of nitrogens with two attached hydrogens (primary N) is 1. The Kier molecular flexibility index (Phi) is 3.55. The second-order valence-electron chi connectivity index (χ2n) is 5.49. The molecule has 1 saturated heterocycles. The van der Waals surface area contributed by atoms with E-state index in [-0.39, 0.29) is 11.6 Å². The van der Waals surface area contributed by atoms with E-state index < -0.39 is 0 Å². The molecular weight excluding hydrogens is 210 g/mol. The van der Waals surface area contributed by atoms with Gasteiger partial charge in [-0.3, -0.25) is 0 Å². The molecule has 1 aliphatic rings. The average molecular weight is 233 g/mol. The predicted molar refractivity (Wildman–Crippen MR) is 71.2 cm³/mol. The molecule has 2 unspecified atom stereocenters. The summed E-state index contributed by atoms with van der Waals surface area (Å²) in [5.74, 6) is 0. The van der Waals surface area contributed by atoms with Crippen molar-refractivity contribution < 1.29 is 4.74 Å². The van der Waals surface area contributed by atoms with Crippen molar-refractivity contribution >= 4 is 0 Å². The molecule has 1 aromatic carbocycles. The molecule has 1 aromatic rings. The van der Waals surface area contributed by atoms with Crippen LogP contribution in [0.2, 0.25) is 0 Å². The average Bonchev–Trinajstić information content (AvgIpc) is 2.72. The quantitative estimate of drug-likeness (QED) is 0.871. The van der Waals surface area contributed by atoms with Crippen molar-refractivity contribution in [2.45, 2.75) is 51.7 Å². The second-order valence-corrected chi connectivity index (χ2v) is 5.49. The van der Waals surface area contributed by atoms with E-state index in [1.165, 1.54) is 16.7 Å². The Morgan fingerprint density at radius 3 is 2.71 bits per heavy atom. The largest absolute Gasteiger partial charge is 0.374 e. The lowest BCUT2D eigenvalue weighted by Crippen LogP contribution is -2.46. The van der Waals surface area contributed by atoms with Gasteiger partial charge in [-0.15, -0.1) is 0 Å². The highest BCUT2D eigenvalue weighted by molar-refractivity contribution is 5.30. The van der Waals surface area contributed by atoms with Crippen molar-refractivity contribution in [3.8, 4) is 0 Å². The van der Waals surface area contributed by atoms with Crippen LogP contribution in [-0.2, 0) is 11.2 Å². The van der Waals surface area contributed by atoms with Crippen LogP contribution in [0.15, 0.2) is 18.2 Å². The molecule has 1 fully saturated rings. The molecular formula is C15H23NO. The first-order valence-electron chi connectivity index (χ1n) is 6.47. The van der Waals surface area contributed by atoms with E-state index in [1.807, 2.05) is 0 Å². The molecule has 0 aromatic heterocycles. The van der Waals surface area contributed by atoms with Gasteiger partial charge in [-0.25, -0.2) is 0 Å². The first kappa shape index (κ1) is 12.6. The fraction of sp³-hybridized carbons (Fsp3) is 0.600. The van der Waals surface area contributed by atoms with Crippen LogP contribution in [0.1, 0.15) is 36.5 Å². The minimum absolute atomic E-state index is 0.0899. The van der Waals surface area contributed by atoms with E-state index >= 15 is 0 Å². The Bertz CT molecular complexity index is 394. The van der Waals surface area contributed by atoms with Gasteiger partial charge in [0.2, 0.25) is 0 Å². The van der Waals surface area contributed by atoms with E-state index in [1.54, 1.807) is 0 Å². The monoisotopic (exact) mass is 233 g/mol. The van der Waals surface area contributed by atoms with E-state index in [4.69, 9.17) is 10.5 Å².